The van der Waals surface area contributed by atoms with Crippen molar-refractivity contribution < 1.29 is 14.3 Å². The second-order valence-corrected chi connectivity index (χ2v) is 7.12. The number of nitrogens with zero attached hydrogens (tertiary/aromatic N) is 1. The summed E-state index contributed by atoms with van der Waals surface area (Å²) in [5.41, 5.74) is 8.20. The van der Waals surface area contributed by atoms with E-state index in [4.69, 9.17) is 15.2 Å². The molecule has 2 aromatic rings. The molecule has 0 bridgehead atoms. The largest absolute Gasteiger partial charge is 0.491 e. The van der Waals surface area contributed by atoms with Crippen LogP contribution in [0.4, 0.5) is 5.69 Å². The normalized spacial score (nSPS) is 12.0. The molecule has 0 fully saturated rings. The first kappa shape index (κ1) is 22.8. The van der Waals surface area contributed by atoms with Crippen molar-refractivity contribution >= 4 is 11.7 Å². The van der Waals surface area contributed by atoms with Gasteiger partial charge < -0.3 is 15.2 Å². The van der Waals surface area contributed by atoms with Crippen molar-refractivity contribution in [2.45, 2.75) is 46.1 Å². The van der Waals surface area contributed by atoms with Crippen LogP contribution in [0, 0.1) is 0 Å². The van der Waals surface area contributed by atoms with Gasteiger partial charge in [0.2, 0.25) is 0 Å². The number of benzene rings is 2. The van der Waals surface area contributed by atoms with E-state index in [1.54, 1.807) is 18.2 Å². The van der Waals surface area contributed by atoms with Gasteiger partial charge in [0.05, 0.1) is 17.9 Å². The van der Waals surface area contributed by atoms with E-state index in [9.17, 15) is 4.79 Å². The van der Waals surface area contributed by atoms with Gasteiger partial charge in [0.1, 0.15) is 12.4 Å². The van der Waals surface area contributed by atoms with Crippen LogP contribution in [-0.4, -0.2) is 43.2 Å². The number of unbranched alkanes of at least 4 members (excludes halogenated alkanes) is 1. The zero-order valence-corrected chi connectivity index (χ0v) is 17.9. The van der Waals surface area contributed by atoms with Crippen LogP contribution in [-0.2, 0) is 11.2 Å². The first-order valence-electron chi connectivity index (χ1n) is 10.6. The molecule has 1 atom stereocenters. The van der Waals surface area contributed by atoms with Gasteiger partial charge in [0.15, 0.2) is 0 Å². The molecule has 0 heterocycles. The highest BCUT2D eigenvalue weighted by molar-refractivity contribution is 5.90. The highest BCUT2D eigenvalue weighted by Gasteiger charge is 2.19. The number of ether oxygens (including phenoxy) is 2. The number of nitrogens with two attached hydrogens (primary N) is 1. The van der Waals surface area contributed by atoms with Crippen molar-refractivity contribution in [1.29, 1.82) is 0 Å². The minimum atomic E-state index is -0.351. The van der Waals surface area contributed by atoms with Gasteiger partial charge in [0, 0.05) is 6.04 Å². The quantitative estimate of drug-likeness (QED) is 0.323. The van der Waals surface area contributed by atoms with Crippen LogP contribution in [0.3, 0.4) is 0 Å². The number of hydrogen-bond acceptors (Lipinski definition) is 5. The van der Waals surface area contributed by atoms with Gasteiger partial charge in [-0.3, -0.25) is 4.90 Å². The molecular weight excluding hydrogens is 364 g/mol. The smallest absolute Gasteiger partial charge is 0.338 e. The zero-order chi connectivity index (χ0) is 21.1. The van der Waals surface area contributed by atoms with Crippen LogP contribution in [0.2, 0.25) is 0 Å². The molecule has 0 saturated heterocycles. The van der Waals surface area contributed by atoms with Gasteiger partial charge in [0.25, 0.3) is 0 Å². The van der Waals surface area contributed by atoms with E-state index in [2.05, 4.69) is 37.8 Å². The van der Waals surface area contributed by atoms with E-state index in [0.29, 0.717) is 30.2 Å². The molecule has 0 aliphatic heterocycles. The maximum Gasteiger partial charge on any atom is 0.338 e. The number of carbonyl (C=O) groups is 1. The second-order valence-electron chi connectivity index (χ2n) is 7.12. The fraction of sp³-hybridized carbons (Fsp3) is 0.458. The Morgan fingerprint density at radius 1 is 1.07 bits per heavy atom. The lowest BCUT2D eigenvalue weighted by atomic mass is 10.1. The lowest BCUT2D eigenvalue weighted by molar-refractivity contribution is 0.0359. The van der Waals surface area contributed by atoms with Crippen molar-refractivity contribution in [2.24, 2.45) is 0 Å². The van der Waals surface area contributed by atoms with Gasteiger partial charge in [-0.05, 0) is 49.7 Å². The molecule has 29 heavy (non-hydrogen) atoms. The maximum absolute atomic E-state index is 12.7. The first-order chi connectivity index (χ1) is 14.1. The van der Waals surface area contributed by atoms with Gasteiger partial charge in [-0.2, -0.15) is 0 Å². The van der Waals surface area contributed by atoms with Gasteiger partial charge in [-0.1, -0.05) is 57.5 Å². The van der Waals surface area contributed by atoms with Crippen molar-refractivity contribution in [1.82, 2.24) is 4.90 Å². The van der Waals surface area contributed by atoms with Crippen molar-refractivity contribution in [3.63, 3.8) is 0 Å². The van der Waals surface area contributed by atoms with E-state index in [1.165, 1.54) is 5.56 Å². The number of rotatable bonds is 12. The van der Waals surface area contributed by atoms with Gasteiger partial charge in [-0.25, -0.2) is 4.79 Å². The lowest BCUT2D eigenvalue weighted by Crippen LogP contribution is -2.40. The van der Waals surface area contributed by atoms with Crippen LogP contribution in [0.25, 0.3) is 0 Å². The third kappa shape index (κ3) is 7.09. The number of anilines is 1. The Bertz CT molecular complexity index is 745. The summed E-state index contributed by atoms with van der Waals surface area (Å²) in [5, 5.41) is 0. The molecule has 2 N–H and O–H groups in total. The fourth-order valence-corrected chi connectivity index (χ4v) is 3.29. The Balaban J connectivity index is 2.04. The summed E-state index contributed by atoms with van der Waals surface area (Å²) in [4.78, 5) is 15.0. The van der Waals surface area contributed by atoms with Crippen molar-refractivity contribution in [3.05, 3.63) is 59.7 Å². The number of esters is 1. The molecule has 0 aliphatic rings. The van der Waals surface area contributed by atoms with Crippen molar-refractivity contribution in [2.75, 3.05) is 32.0 Å². The molecule has 0 unspecified atom stereocenters. The summed E-state index contributed by atoms with van der Waals surface area (Å²) in [7, 11) is 0. The minimum absolute atomic E-state index is 0.130. The average molecular weight is 399 g/mol. The molecule has 0 saturated carbocycles. The van der Waals surface area contributed by atoms with Crippen LogP contribution in [0.15, 0.2) is 48.5 Å². The van der Waals surface area contributed by atoms with Crippen LogP contribution >= 0.6 is 0 Å². The van der Waals surface area contributed by atoms with E-state index in [0.717, 1.165) is 32.4 Å². The molecule has 2 aromatic carbocycles. The Morgan fingerprint density at radius 3 is 2.45 bits per heavy atom. The lowest BCUT2D eigenvalue weighted by Gasteiger charge is -2.29. The standard InChI is InChI=1S/C24H34N2O3/c1-4-7-15-28-23-17-20(13-14-22(23)25)24(27)29-18-21(26(5-2)6-3)16-19-11-9-8-10-12-19/h8-14,17,21H,4-7,15-16,18,25H2,1-3H3/t21-/m0/s1. The van der Waals surface area contributed by atoms with Crippen LogP contribution < -0.4 is 10.5 Å². The van der Waals surface area contributed by atoms with Crippen LogP contribution in [0.5, 0.6) is 5.75 Å². The minimum Gasteiger partial charge on any atom is -0.491 e. The number of hydrogen-bond donors (Lipinski definition) is 1. The number of carbonyl (C=O) groups excluding carboxylic acids is 1. The predicted octanol–water partition coefficient (Wildman–Crippen LogP) is 4.56. The van der Waals surface area contributed by atoms with Gasteiger partial charge >= 0.3 is 5.97 Å². The topological polar surface area (TPSA) is 64.8 Å². The molecule has 158 valence electrons. The van der Waals surface area contributed by atoms with Gasteiger partial charge in [-0.15, -0.1) is 0 Å². The van der Waals surface area contributed by atoms with E-state index >= 15 is 0 Å². The molecule has 0 amide bonds. The summed E-state index contributed by atoms with van der Waals surface area (Å²) in [6.07, 6.45) is 2.82. The highest BCUT2D eigenvalue weighted by Crippen LogP contribution is 2.24. The molecule has 5 nitrogen and oxygen atoms in total. The fourth-order valence-electron chi connectivity index (χ4n) is 3.29. The summed E-state index contributed by atoms with van der Waals surface area (Å²) in [5.74, 6) is 0.188. The summed E-state index contributed by atoms with van der Waals surface area (Å²) >= 11 is 0. The monoisotopic (exact) mass is 398 g/mol. The first-order valence-corrected chi connectivity index (χ1v) is 10.6. The average Bonchev–Trinajstić information content (AvgIpc) is 2.74. The summed E-state index contributed by atoms with van der Waals surface area (Å²) in [6, 6.07) is 15.5. The Morgan fingerprint density at radius 2 is 1.79 bits per heavy atom. The molecule has 0 aromatic heterocycles. The summed E-state index contributed by atoms with van der Waals surface area (Å²) < 4.78 is 11.4. The third-order valence-electron chi connectivity index (χ3n) is 5.05. The maximum atomic E-state index is 12.7. The van der Waals surface area contributed by atoms with Crippen molar-refractivity contribution in [3.8, 4) is 5.75 Å². The molecule has 5 heteroatoms. The SMILES string of the molecule is CCCCOc1cc(C(=O)OC[C@H](Cc2ccccc2)N(CC)CC)ccc1N. The third-order valence-corrected chi connectivity index (χ3v) is 5.05. The molecule has 0 aliphatic carbocycles. The molecule has 0 spiro atoms. The molecule has 0 radical (unpaired) electrons. The van der Waals surface area contributed by atoms with E-state index in [1.807, 2.05) is 18.2 Å². The molecule has 2 rings (SSSR count). The van der Waals surface area contributed by atoms with E-state index in [-0.39, 0.29) is 12.0 Å². The number of likely N-dealkylation sites (N-methyl/N-ethyl adjacent to an activating group) is 1. The Labute approximate surface area is 174 Å². The summed E-state index contributed by atoms with van der Waals surface area (Å²) in [6.45, 7) is 9.09. The zero-order valence-electron chi connectivity index (χ0n) is 17.9. The molecular formula is C24H34N2O3. The highest BCUT2D eigenvalue weighted by atomic mass is 16.5. The Hall–Kier alpha value is -2.53. The number of nitrogen functional groups attached to an aromatic ring is 1. The Kier molecular flexibility index (Phi) is 9.51. The van der Waals surface area contributed by atoms with E-state index < -0.39 is 0 Å². The predicted molar refractivity (Wildman–Crippen MR) is 118 cm³/mol. The van der Waals surface area contributed by atoms with Crippen LogP contribution in [0.1, 0.15) is 49.5 Å². The second kappa shape index (κ2) is 12.1.